The molecule has 29 heavy (non-hydrogen) atoms. The maximum absolute atomic E-state index is 12.5. The van der Waals surface area contributed by atoms with Crippen molar-refractivity contribution in [3.05, 3.63) is 59.5 Å². The molecule has 0 bridgehead atoms. The van der Waals surface area contributed by atoms with Crippen LogP contribution in [0.2, 0.25) is 0 Å². The van der Waals surface area contributed by atoms with Gasteiger partial charge in [-0.2, -0.15) is 4.98 Å². The van der Waals surface area contributed by atoms with E-state index >= 15 is 0 Å². The molecule has 0 saturated heterocycles. The van der Waals surface area contributed by atoms with Gasteiger partial charge in [0.2, 0.25) is 11.7 Å². The molecule has 1 N–H and O–H groups in total. The number of nitrogens with zero attached hydrogens (tertiary/aromatic N) is 2. The number of carbonyl (C=O) groups is 1. The third kappa shape index (κ3) is 5.34. The van der Waals surface area contributed by atoms with E-state index in [1.807, 2.05) is 57.2 Å². The zero-order valence-electron chi connectivity index (χ0n) is 17.1. The second-order valence-electron chi connectivity index (χ2n) is 6.80. The molecule has 1 amide bonds. The summed E-state index contributed by atoms with van der Waals surface area (Å²) < 4.78 is 16.3. The van der Waals surface area contributed by atoms with Crippen LogP contribution < -0.4 is 14.8 Å². The van der Waals surface area contributed by atoms with E-state index in [1.54, 1.807) is 7.11 Å². The first-order chi connectivity index (χ1) is 14.0. The molecule has 0 spiro atoms. The van der Waals surface area contributed by atoms with E-state index < -0.39 is 6.10 Å². The second kappa shape index (κ2) is 9.23. The van der Waals surface area contributed by atoms with Crippen LogP contribution in [0.15, 0.2) is 47.0 Å². The van der Waals surface area contributed by atoms with Crippen LogP contribution in [-0.2, 0) is 11.3 Å². The zero-order chi connectivity index (χ0) is 20.8. The topological polar surface area (TPSA) is 86.5 Å². The molecule has 0 radical (unpaired) electrons. The Labute approximate surface area is 170 Å². The number of ether oxygens (including phenoxy) is 2. The van der Waals surface area contributed by atoms with E-state index in [9.17, 15) is 4.79 Å². The van der Waals surface area contributed by atoms with Gasteiger partial charge in [0.25, 0.3) is 5.91 Å². The van der Waals surface area contributed by atoms with Gasteiger partial charge in [0.15, 0.2) is 6.10 Å². The Morgan fingerprint density at radius 3 is 2.41 bits per heavy atom. The minimum absolute atomic E-state index is 0.134. The summed E-state index contributed by atoms with van der Waals surface area (Å²) in [5, 5.41) is 6.76. The molecule has 0 aliphatic heterocycles. The number of aromatic nitrogens is 2. The van der Waals surface area contributed by atoms with Gasteiger partial charge in [-0.1, -0.05) is 18.1 Å². The Bertz CT molecular complexity index is 946. The fraction of sp³-hybridized carbons (Fsp3) is 0.318. The summed E-state index contributed by atoms with van der Waals surface area (Å²) >= 11 is 0. The molecular weight excluding hydrogens is 370 g/mol. The number of hydrogen-bond donors (Lipinski definition) is 1. The van der Waals surface area contributed by atoms with Crippen LogP contribution >= 0.6 is 0 Å². The molecule has 7 nitrogen and oxygen atoms in total. The SMILES string of the molecule is CC[C@H](Oc1cc(C)cc(C)c1)C(=O)NCc1nc(-c2ccc(OC)cc2)no1. The van der Waals surface area contributed by atoms with Crippen molar-refractivity contribution in [3.63, 3.8) is 0 Å². The molecule has 0 saturated carbocycles. The average molecular weight is 395 g/mol. The minimum atomic E-state index is -0.597. The molecular formula is C22H25N3O4. The molecule has 1 heterocycles. The minimum Gasteiger partial charge on any atom is -0.497 e. The molecule has 0 aliphatic rings. The molecule has 7 heteroatoms. The van der Waals surface area contributed by atoms with Crippen LogP contribution in [0.5, 0.6) is 11.5 Å². The molecule has 0 unspecified atom stereocenters. The van der Waals surface area contributed by atoms with Crippen LogP contribution in [0.3, 0.4) is 0 Å². The normalized spacial score (nSPS) is 11.7. The van der Waals surface area contributed by atoms with Gasteiger partial charge in [-0.05, 0) is 67.8 Å². The predicted octanol–water partition coefficient (Wildman–Crippen LogP) is 3.84. The lowest BCUT2D eigenvalue weighted by atomic mass is 10.1. The third-order valence-electron chi connectivity index (χ3n) is 4.37. The highest BCUT2D eigenvalue weighted by Crippen LogP contribution is 2.20. The highest BCUT2D eigenvalue weighted by molar-refractivity contribution is 5.81. The van der Waals surface area contributed by atoms with E-state index in [1.165, 1.54) is 0 Å². The van der Waals surface area contributed by atoms with Gasteiger partial charge in [0, 0.05) is 5.56 Å². The van der Waals surface area contributed by atoms with Crippen molar-refractivity contribution in [2.75, 3.05) is 7.11 Å². The molecule has 1 atom stereocenters. The lowest BCUT2D eigenvalue weighted by Crippen LogP contribution is -2.37. The Kier molecular flexibility index (Phi) is 6.49. The van der Waals surface area contributed by atoms with Crippen LogP contribution in [0.4, 0.5) is 0 Å². The molecule has 1 aromatic heterocycles. The number of rotatable bonds is 8. The quantitative estimate of drug-likeness (QED) is 0.624. The number of aryl methyl sites for hydroxylation is 2. The van der Waals surface area contributed by atoms with Crippen molar-refractivity contribution in [1.82, 2.24) is 15.5 Å². The maximum atomic E-state index is 12.5. The molecule has 3 aromatic rings. The number of hydrogen-bond acceptors (Lipinski definition) is 6. The average Bonchev–Trinajstić information content (AvgIpc) is 3.18. The Morgan fingerprint density at radius 2 is 1.79 bits per heavy atom. The van der Waals surface area contributed by atoms with Crippen LogP contribution in [0.25, 0.3) is 11.4 Å². The zero-order valence-corrected chi connectivity index (χ0v) is 17.1. The number of carbonyl (C=O) groups excluding carboxylic acids is 1. The number of benzene rings is 2. The summed E-state index contributed by atoms with van der Waals surface area (Å²) in [6.45, 7) is 6.03. The summed E-state index contributed by atoms with van der Waals surface area (Å²) in [6, 6.07) is 13.2. The van der Waals surface area contributed by atoms with Gasteiger partial charge in [-0.3, -0.25) is 4.79 Å². The maximum Gasteiger partial charge on any atom is 0.261 e. The Morgan fingerprint density at radius 1 is 1.10 bits per heavy atom. The van der Waals surface area contributed by atoms with Crippen LogP contribution in [0.1, 0.15) is 30.4 Å². The van der Waals surface area contributed by atoms with E-state index in [-0.39, 0.29) is 12.5 Å². The molecule has 3 rings (SSSR count). The third-order valence-corrected chi connectivity index (χ3v) is 4.37. The monoisotopic (exact) mass is 395 g/mol. The molecule has 152 valence electrons. The standard InChI is InChI=1S/C22H25N3O4/c1-5-19(28-18-11-14(2)10-15(3)12-18)22(26)23-13-20-24-21(25-29-20)16-6-8-17(27-4)9-7-16/h6-12,19H,5,13H2,1-4H3,(H,23,26)/t19-/m0/s1. The fourth-order valence-electron chi connectivity index (χ4n) is 2.95. The summed E-state index contributed by atoms with van der Waals surface area (Å²) in [5.74, 6) is 1.99. The van der Waals surface area contributed by atoms with E-state index in [4.69, 9.17) is 14.0 Å². The first kappa shape index (κ1) is 20.4. The first-order valence-electron chi connectivity index (χ1n) is 9.48. The smallest absolute Gasteiger partial charge is 0.261 e. The summed E-state index contributed by atoms with van der Waals surface area (Å²) in [7, 11) is 1.61. The Balaban J connectivity index is 1.59. The van der Waals surface area contributed by atoms with Gasteiger partial charge >= 0.3 is 0 Å². The molecule has 0 aliphatic carbocycles. The Hall–Kier alpha value is -3.35. The van der Waals surface area contributed by atoms with Crippen LogP contribution in [0, 0.1) is 13.8 Å². The van der Waals surface area contributed by atoms with Crippen molar-refractivity contribution in [3.8, 4) is 22.9 Å². The van der Waals surface area contributed by atoms with E-state index in [0.717, 1.165) is 22.4 Å². The van der Waals surface area contributed by atoms with Gasteiger partial charge in [-0.25, -0.2) is 0 Å². The number of methoxy groups -OCH3 is 1. The second-order valence-corrected chi connectivity index (χ2v) is 6.80. The van der Waals surface area contributed by atoms with Crippen LogP contribution in [-0.4, -0.2) is 29.3 Å². The van der Waals surface area contributed by atoms with E-state index in [0.29, 0.717) is 23.9 Å². The van der Waals surface area contributed by atoms with Gasteiger partial charge in [0.05, 0.1) is 13.7 Å². The highest BCUT2D eigenvalue weighted by atomic mass is 16.5. The molecule has 2 aromatic carbocycles. The highest BCUT2D eigenvalue weighted by Gasteiger charge is 2.19. The van der Waals surface area contributed by atoms with Crippen molar-refractivity contribution >= 4 is 5.91 Å². The van der Waals surface area contributed by atoms with E-state index in [2.05, 4.69) is 21.5 Å². The lowest BCUT2D eigenvalue weighted by molar-refractivity contribution is -0.128. The fourth-order valence-corrected chi connectivity index (χ4v) is 2.95. The van der Waals surface area contributed by atoms with Gasteiger partial charge in [-0.15, -0.1) is 0 Å². The van der Waals surface area contributed by atoms with Crippen molar-refractivity contribution in [1.29, 1.82) is 0 Å². The first-order valence-corrected chi connectivity index (χ1v) is 9.48. The van der Waals surface area contributed by atoms with Gasteiger partial charge < -0.3 is 19.3 Å². The number of nitrogens with one attached hydrogen (secondary N) is 1. The summed E-state index contributed by atoms with van der Waals surface area (Å²) in [5.41, 5.74) is 2.98. The summed E-state index contributed by atoms with van der Waals surface area (Å²) in [6.07, 6.45) is -0.0556. The predicted molar refractivity (Wildman–Crippen MR) is 109 cm³/mol. The lowest BCUT2D eigenvalue weighted by Gasteiger charge is -2.17. The summed E-state index contributed by atoms with van der Waals surface area (Å²) in [4.78, 5) is 16.9. The van der Waals surface area contributed by atoms with Crippen molar-refractivity contribution in [2.24, 2.45) is 0 Å². The molecule has 0 fully saturated rings. The number of amides is 1. The largest absolute Gasteiger partial charge is 0.497 e. The van der Waals surface area contributed by atoms with Gasteiger partial charge in [0.1, 0.15) is 11.5 Å². The van der Waals surface area contributed by atoms with Crippen molar-refractivity contribution in [2.45, 2.75) is 39.8 Å². The van der Waals surface area contributed by atoms with Crippen molar-refractivity contribution < 1.29 is 18.8 Å².